The van der Waals surface area contributed by atoms with Crippen LogP contribution in [0.3, 0.4) is 0 Å². The molecule has 8 nitrogen and oxygen atoms in total. The Balaban J connectivity index is 1.66. The van der Waals surface area contributed by atoms with Crippen molar-refractivity contribution in [2.24, 2.45) is 0 Å². The summed E-state index contributed by atoms with van der Waals surface area (Å²) in [5.41, 5.74) is 1.54. The number of nitrogens with one attached hydrogen (secondary N) is 2. The summed E-state index contributed by atoms with van der Waals surface area (Å²) in [5.74, 6) is 0.236. The summed E-state index contributed by atoms with van der Waals surface area (Å²) in [6.45, 7) is 7.63. The summed E-state index contributed by atoms with van der Waals surface area (Å²) in [6, 6.07) is 12.3. The van der Waals surface area contributed by atoms with Gasteiger partial charge in [-0.2, -0.15) is 0 Å². The van der Waals surface area contributed by atoms with Crippen molar-refractivity contribution in [2.45, 2.75) is 46.2 Å². The van der Waals surface area contributed by atoms with E-state index in [1.54, 1.807) is 19.1 Å². The minimum absolute atomic E-state index is 0.0896. The first-order valence-electron chi connectivity index (χ1n) is 10.1. The van der Waals surface area contributed by atoms with E-state index in [2.05, 4.69) is 29.6 Å². The van der Waals surface area contributed by atoms with E-state index in [9.17, 15) is 14.4 Å². The molecule has 0 saturated heterocycles. The third-order valence-corrected chi connectivity index (χ3v) is 4.93. The van der Waals surface area contributed by atoms with Crippen LogP contribution in [0.2, 0.25) is 0 Å². The number of benzene rings is 1. The Morgan fingerprint density at radius 3 is 2.39 bits per heavy atom. The highest BCUT2D eigenvalue weighted by molar-refractivity contribution is 6.03. The smallest absolute Gasteiger partial charge is 0.263 e. The molecule has 2 N–H and O–H groups in total. The number of amides is 2. The van der Waals surface area contributed by atoms with Gasteiger partial charge < -0.3 is 19.7 Å². The third-order valence-electron chi connectivity index (χ3n) is 4.93. The van der Waals surface area contributed by atoms with Crippen LogP contribution in [0.5, 0.6) is 0 Å². The Bertz CT molecular complexity index is 1130. The third kappa shape index (κ3) is 5.48. The average Bonchev–Trinajstić information content (AvgIpc) is 3.14. The summed E-state index contributed by atoms with van der Waals surface area (Å²) in [5, 5.41) is 9.08. The molecule has 0 bridgehead atoms. The Morgan fingerprint density at radius 2 is 1.77 bits per heavy atom. The van der Waals surface area contributed by atoms with E-state index in [-0.39, 0.29) is 29.9 Å². The van der Waals surface area contributed by atoms with Crippen LogP contribution in [0.25, 0.3) is 0 Å². The Hall–Kier alpha value is -3.68. The number of hydrogen-bond donors (Lipinski definition) is 2. The summed E-state index contributed by atoms with van der Waals surface area (Å²) < 4.78 is 6.10. The maximum absolute atomic E-state index is 12.7. The van der Waals surface area contributed by atoms with Crippen molar-refractivity contribution in [3.63, 3.8) is 0 Å². The molecule has 2 heterocycles. The molecule has 1 atom stereocenters. The van der Waals surface area contributed by atoms with Crippen LogP contribution in [-0.4, -0.2) is 21.5 Å². The molecule has 2 aromatic heterocycles. The topological polar surface area (TPSA) is 106 Å². The maximum atomic E-state index is 12.7. The van der Waals surface area contributed by atoms with Gasteiger partial charge in [0.05, 0.1) is 6.04 Å². The van der Waals surface area contributed by atoms with Gasteiger partial charge in [0, 0.05) is 12.3 Å². The summed E-state index contributed by atoms with van der Waals surface area (Å²) >= 11 is 0. The van der Waals surface area contributed by atoms with E-state index in [1.165, 1.54) is 22.4 Å². The van der Waals surface area contributed by atoms with Gasteiger partial charge in [0.25, 0.3) is 11.5 Å². The van der Waals surface area contributed by atoms with E-state index < -0.39 is 11.5 Å². The van der Waals surface area contributed by atoms with Crippen LogP contribution < -0.4 is 16.2 Å². The van der Waals surface area contributed by atoms with E-state index in [4.69, 9.17) is 4.52 Å². The normalized spacial score (nSPS) is 11.9. The number of anilines is 1. The number of carbonyl (C=O) groups excluding carboxylic acids is 2. The highest BCUT2D eigenvalue weighted by Gasteiger charge is 2.16. The van der Waals surface area contributed by atoms with Crippen LogP contribution in [0.1, 0.15) is 60.0 Å². The Kier molecular flexibility index (Phi) is 6.69. The van der Waals surface area contributed by atoms with Crippen LogP contribution in [0, 0.1) is 6.92 Å². The van der Waals surface area contributed by atoms with Gasteiger partial charge in [0.2, 0.25) is 5.91 Å². The van der Waals surface area contributed by atoms with Crippen molar-refractivity contribution in [1.82, 2.24) is 15.0 Å². The number of carbonyl (C=O) groups is 2. The lowest BCUT2D eigenvalue weighted by molar-refractivity contribution is -0.122. The van der Waals surface area contributed by atoms with Crippen molar-refractivity contribution in [2.75, 3.05) is 5.32 Å². The SMILES string of the molecule is Cc1cc(NC(=O)c2cccn(CC(=O)N[C@H](C)c3ccc(C(C)C)cc3)c2=O)no1. The second-order valence-electron chi connectivity index (χ2n) is 7.74. The van der Waals surface area contributed by atoms with Gasteiger partial charge >= 0.3 is 0 Å². The van der Waals surface area contributed by atoms with Gasteiger partial charge in [0.15, 0.2) is 5.82 Å². The van der Waals surface area contributed by atoms with Crippen molar-refractivity contribution in [1.29, 1.82) is 0 Å². The molecule has 0 aliphatic carbocycles. The van der Waals surface area contributed by atoms with Gasteiger partial charge in [-0.1, -0.05) is 43.3 Å². The van der Waals surface area contributed by atoms with Gasteiger partial charge in [-0.05, 0) is 43.0 Å². The molecule has 0 saturated carbocycles. The summed E-state index contributed by atoms with van der Waals surface area (Å²) in [6.07, 6.45) is 1.47. The van der Waals surface area contributed by atoms with Crippen molar-refractivity contribution in [3.05, 3.63) is 81.5 Å². The summed E-state index contributed by atoms with van der Waals surface area (Å²) in [7, 11) is 0. The Morgan fingerprint density at radius 1 is 1.10 bits per heavy atom. The monoisotopic (exact) mass is 422 g/mol. The van der Waals surface area contributed by atoms with Gasteiger partial charge in [-0.15, -0.1) is 0 Å². The summed E-state index contributed by atoms with van der Waals surface area (Å²) in [4.78, 5) is 37.6. The molecule has 8 heteroatoms. The fourth-order valence-corrected chi connectivity index (χ4v) is 3.14. The van der Waals surface area contributed by atoms with Crippen LogP contribution in [0.4, 0.5) is 5.82 Å². The molecule has 0 fully saturated rings. The number of rotatable bonds is 7. The largest absolute Gasteiger partial charge is 0.360 e. The second-order valence-corrected chi connectivity index (χ2v) is 7.74. The zero-order chi connectivity index (χ0) is 22.5. The molecule has 3 rings (SSSR count). The van der Waals surface area contributed by atoms with E-state index >= 15 is 0 Å². The molecule has 162 valence electrons. The lowest BCUT2D eigenvalue weighted by atomic mass is 9.99. The predicted molar refractivity (Wildman–Crippen MR) is 117 cm³/mol. The van der Waals surface area contributed by atoms with E-state index in [1.807, 2.05) is 31.2 Å². The lowest BCUT2D eigenvalue weighted by Gasteiger charge is -2.16. The van der Waals surface area contributed by atoms with E-state index in [0.717, 1.165) is 5.56 Å². The standard InChI is InChI=1S/C23H26N4O4/c1-14(2)17-7-9-18(10-8-17)16(4)24-21(28)13-27-11-5-6-19(23(27)30)22(29)25-20-12-15(3)31-26-20/h5-12,14,16H,13H2,1-4H3,(H,24,28)(H,25,26,29)/t16-/m1/s1. The minimum Gasteiger partial charge on any atom is -0.360 e. The quantitative estimate of drug-likeness (QED) is 0.607. The van der Waals surface area contributed by atoms with Crippen molar-refractivity contribution in [3.8, 4) is 0 Å². The van der Waals surface area contributed by atoms with E-state index in [0.29, 0.717) is 11.7 Å². The highest BCUT2D eigenvalue weighted by Crippen LogP contribution is 2.18. The molecule has 0 aliphatic rings. The lowest BCUT2D eigenvalue weighted by Crippen LogP contribution is -2.35. The van der Waals surface area contributed by atoms with Gasteiger partial charge in [-0.3, -0.25) is 14.4 Å². The first-order chi connectivity index (χ1) is 14.7. The molecule has 1 aromatic carbocycles. The van der Waals surface area contributed by atoms with Crippen LogP contribution in [0.15, 0.2) is 58.0 Å². The van der Waals surface area contributed by atoms with Crippen LogP contribution >= 0.6 is 0 Å². The fraction of sp³-hybridized carbons (Fsp3) is 0.304. The molecule has 0 radical (unpaired) electrons. The Labute approximate surface area is 180 Å². The molecular formula is C23H26N4O4. The molecule has 0 aliphatic heterocycles. The predicted octanol–water partition coefficient (Wildman–Crippen LogP) is 3.40. The number of aromatic nitrogens is 2. The zero-order valence-corrected chi connectivity index (χ0v) is 18.0. The number of nitrogens with zero attached hydrogens (tertiary/aromatic N) is 2. The molecule has 31 heavy (non-hydrogen) atoms. The molecular weight excluding hydrogens is 396 g/mol. The molecule has 0 unspecified atom stereocenters. The molecule has 2 amide bonds. The fourth-order valence-electron chi connectivity index (χ4n) is 3.14. The average molecular weight is 422 g/mol. The van der Waals surface area contributed by atoms with Gasteiger partial charge in [0.1, 0.15) is 17.9 Å². The van der Waals surface area contributed by atoms with Crippen molar-refractivity contribution >= 4 is 17.6 Å². The number of hydrogen-bond acceptors (Lipinski definition) is 5. The second kappa shape index (κ2) is 9.42. The molecule has 0 spiro atoms. The number of aryl methyl sites for hydroxylation is 1. The minimum atomic E-state index is -0.619. The first-order valence-corrected chi connectivity index (χ1v) is 10.1. The highest BCUT2D eigenvalue weighted by atomic mass is 16.5. The zero-order valence-electron chi connectivity index (χ0n) is 18.0. The number of pyridine rings is 1. The molecule has 3 aromatic rings. The van der Waals surface area contributed by atoms with Gasteiger partial charge in [-0.25, -0.2) is 0 Å². The van der Waals surface area contributed by atoms with Crippen LogP contribution in [-0.2, 0) is 11.3 Å². The first kappa shape index (κ1) is 22.0. The van der Waals surface area contributed by atoms with Crippen molar-refractivity contribution < 1.29 is 14.1 Å². The maximum Gasteiger partial charge on any atom is 0.263 e.